The van der Waals surface area contributed by atoms with E-state index in [1.807, 2.05) is 19.1 Å². The third-order valence-electron chi connectivity index (χ3n) is 9.06. The summed E-state index contributed by atoms with van der Waals surface area (Å²) < 4.78 is 0. The number of piperazine rings is 1. The molecule has 3 fully saturated rings. The van der Waals surface area contributed by atoms with Gasteiger partial charge in [-0.1, -0.05) is 26.3 Å². The van der Waals surface area contributed by atoms with Crippen molar-refractivity contribution >= 4 is 35.2 Å². The molecule has 1 aromatic carbocycles. The van der Waals surface area contributed by atoms with Gasteiger partial charge in [-0.05, 0) is 69.5 Å². The van der Waals surface area contributed by atoms with Crippen LogP contribution < -0.4 is 20.9 Å². The highest BCUT2D eigenvalue weighted by molar-refractivity contribution is 5.87. The predicted molar refractivity (Wildman–Crippen MR) is 169 cm³/mol. The predicted octanol–water partition coefficient (Wildman–Crippen LogP) is 3.84. The van der Waals surface area contributed by atoms with E-state index < -0.39 is 0 Å². The highest BCUT2D eigenvalue weighted by Crippen LogP contribution is 2.28. The van der Waals surface area contributed by atoms with Gasteiger partial charge in [0.1, 0.15) is 5.69 Å². The molecule has 10 heteroatoms. The number of rotatable bonds is 10. The Kier molecular flexibility index (Phi) is 10.1. The minimum atomic E-state index is -0.169. The minimum absolute atomic E-state index is 0.0166. The summed E-state index contributed by atoms with van der Waals surface area (Å²) in [5, 5.41) is 9.94. The van der Waals surface area contributed by atoms with Gasteiger partial charge in [0.25, 0.3) is 0 Å². The van der Waals surface area contributed by atoms with Crippen LogP contribution in [0.4, 0.5) is 23.0 Å². The lowest BCUT2D eigenvalue weighted by Gasteiger charge is -2.42. The maximum Gasteiger partial charge on any atom is 0.243 e. The van der Waals surface area contributed by atoms with Crippen LogP contribution in [0.15, 0.2) is 36.9 Å². The van der Waals surface area contributed by atoms with Crippen molar-refractivity contribution < 1.29 is 9.59 Å². The number of aryl methyl sites for hydroxylation is 1. The van der Waals surface area contributed by atoms with E-state index >= 15 is 0 Å². The summed E-state index contributed by atoms with van der Waals surface area (Å²) in [6.07, 6.45) is 9.03. The summed E-state index contributed by atoms with van der Waals surface area (Å²) in [6.45, 7) is 12.4. The number of aromatic nitrogens is 2. The molecule has 0 bridgehead atoms. The average Bonchev–Trinajstić information content (AvgIpc) is 3.03. The first-order valence-electron chi connectivity index (χ1n) is 15.6. The maximum absolute atomic E-state index is 12.0. The smallest absolute Gasteiger partial charge is 0.243 e. The Bertz CT molecular complexity index is 1220. The van der Waals surface area contributed by atoms with Crippen molar-refractivity contribution in [3.8, 4) is 0 Å². The van der Waals surface area contributed by atoms with Crippen molar-refractivity contribution in [3.05, 3.63) is 48.3 Å². The first-order chi connectivity index (χ1) is 20.5. The van der Waals surface area contributed by atoms with Crippen LogP contribution in [0, 0.1) is 0 Å². The molecule has 2 aromatic rings. The van der Waals surface area contributed by atoms with E-state index in [4.69, 9.17) is 4.98 Å². The Morgan fingerprint density at radius 3 is 2.29 bits per heavy atom. The van der Waals surface area contributed by atoms with E-state index in [0.717, 1.165) is 56.4 Å². The normalized spacial score (nSPS) is 22.4. The Labute approximate surface area is 250 Å². The molecule has 42 heavy (non-hydrogen) atoms. The van der Waals surface area contributed by atoms with Gasteiger partial charge in [0, 0.05) is 68.8 Å². The molecule has 10 nitrogen and oxygen atoms in total. The van der Waals surface area contributed by atoms with Gasteiger partial charge in [0.15, 0.2) is 17.9 Å². The van der Waals surface area contributed by atoms with E-state index in [-0.39, 0.29) is 23.7 Å². The van der Waals surface area contributed by atoms with Crippen molar-refractivity contribution in [2.75, 3.05) is 61.8 Å². The average molecular weight is 575 g/mol. The Morgan fingerprint density at radius 1 is 0.952 bits per heavy atom. The van der Waals surface area contributed by atoms with Crippen molar-refractivity contribution in [1.29, 1.82) is 0 Å². The van der Waals surface area contributed by atoms with Gasteiger partial charge in [-0.15, -0.1) is 0 Å². The first kappa shape index (κ1) is 30.0. The molecule has 0 spiro atoms. The molecule has 226 valence electrons. The van der Waals surface area contributed by atoms with Gasteiger partial charge in [-0.2, -0.15) is 0 Å². The fourth-order valence-corrected chi connectivity index (χ4v) is 6.48. The van der Waals surface area contributed by atoms with Crippen LogP contribution in [0.3, 0.4) is 0 Å². The largest absolute Gasteiger partial charge is 0.371 e. The number of hydrogen-bond acceptors (Lipinski definition) is 9. The van der Waals surface area contributed by atoms with Crippen molar-refractivity contribution in [3.63, 3.8) is 0 Å². The second-order valence-electron chi connectivity index (χ2n) is 11.8. The zero-order valence-electron chi connectivity index (χ0n) is 25.1. The molecule has 1 aliphatic carbocycles. The molecule has 0 unspecified atom stereocenters. The summed E-state index contributed by atoms with van der Waals surface area (Å²) in [4.78, 5) is 41.0. The minimum Gasteiger partial charge on any atom is -0.371 e. The van der Waals surface area contributed by atoms with Gasteiger partial charge in [-0.25, -0.2) is 9.97 Å². The number of likely N-dealkylation sites (N-methyl/N-ethyl adjacent to an activating group) is 1. The van der Waals surface area contributed by atoms with Gasteiger partial charge in [0.05, 0.1) is 5.69 Å². The lowest BCUT2D eigenvalue weighted by molar-refractivity contribution is -0.117. The SMILES string of the molecule is C=CC(=O)N[C@H]1CCCC[C@H]1Nc1nc(Nc2ccc(N3CCC(N4CCN(C)CC4)CC3)cc2)c(C=O)nc1CC. The number of piperidine rings is 1. The summed E-state index contributed by atoms with van der Waals surface area (Å²) in [5.41, 5.74) is 3.09. The van der Waals surface area contributed by atoms with Crippen LogP contribution >= 0.6 is 0 Å². The number of nitrogens with one attached hydrogen (secondary N) is 3. The molecule has 1 amide bonds. The monoisotopic (exact) mass is 574 g/mol. The Hall–Kier alpha value is -3.50. The molecule has 3 N–H and O–H groups in total. The third-order valence-corrected chi connectivity index (χ3v) is 9.06. The van der Waals surface area contributed by atoms with Crippen LogP contribution in [0.1, 0.15) is 61.6 Å². The van der Waals surface area contributed by atoms with E-state index in [0.29, 0.717) is 24.1 Å². The molecule has 0 radical (unpaired) electrons. The zero-order chi connectivity index (χ0) is 29.5. The molecule has 2 aliphatic heterocycles. The molecular formula is C32H46N8O2. The van der Waals surface area contributed by atoms with Crippen LogP contribution in [-0.2, 0) is 11.2 Å². The fraction of sp³-hybridized carbons (Fsp3) is 0.562. The van der Waals surface area contributed by atoms with Crippen LogP contribution in [0.2, 0.25) is 0 Å². The molecule has 5 rings (SSSR count). The first-order valence-corrected chi connectivity index (χ1v) is 15.6. The number of anilines is 4. The van der Waals surface area contributed by atoms with Crippen LogP contribution in [0.25, 0.3) is 0 Å². The topological polar surface area (TPSA) is 106 Å². The number of amides is 1. The number of benzene rings is 1. The number of carbonyl (C=O) groups is 2. The lowest BCUT2D eigenvalue weighted by Crippen LogP contribution is -2.52. The number of hydrogen-bond donors (Lipinski definition) is 3. The second kappa shape index (κ2) is 14.1. The molecule has 3 aliphatic rings. The standard InChI is InChI=1S/C32H46N8O2/c1-4-26-31(36-28-9-7-6-8-27(28)35-30(42)5-2)37-32(29(22-41)34-26)33-23-10-12-24(13-11-23)39-16-14-25(15-17-39)40-20-18-38(3)19-21-40/h5,10-13,22,25,27-28H,2,4,6-9,14-21H2,1,3H3,(H,35,42)(H2,33,36,37)/t27-,28+/m0/s1. The third kappa shape index (κ3) is 7.28. The maximum atomic E-state index is 12.0. The summed E-state index contributed by atoms with van der Waals surface area (Å²) in [5.74, 6) is 0.903. The van der Waals surface area contributed by atoms with E-state index in [1.54, 1.807) is 0 Å². The lowest BCUT2D eigenvalue weighted by atomic mass is 9.90. The van der Waals surface area contributed by atoms with Crippen LogP contribution in [0.5, 0.6) is 0 Å². The number of carbonyl (C=O) groups excluding carboxylic acids is 2. The van der Waals surface area contributed by atoms with Gasteiger partial charge in [0.2, 0.25) is 5.91 Å². The van der Waals surface area contributed by atoms with Gasteiger partial charge >= 0.3 is 0 Å². The second-order valence-corrected chi connectivity index (χ2v) is 11.8. The Morgan fingerprint density at radius 2 is 1.64 bits per heavy atom. The molecular weight excluding hydrogens is 528 g/mol. The van der Waals surface area contributed by atoms with E-state index in [1.165, 1.54) is 50.8 Å². The summed E-state index contributed by atoms with van der Waals surface area (Å²) in [6, 6.07) is 9.06. The molecule has 1 saturated carbocycles. The van der Waals surface area contributed by atoms with E-state index in [9.17, 15) is 9.59 Å². The highest BCUT2D eigenvalue weighted by Gasteiger charge is 2.28. The van der Waals surface area contributed by atoms with Crippen molar-refractivity contribution in [2.45, 2.75) is 70.0 Å². The van der Waals surface area contributed by atoms with Crippen LogP contribution in [-0.4, -0.2) is 96.4 Å². The fourth-order valence-electron chi connectivity index (χ4n) is 6.48. The summed E-state index contributed by atoms with van der Waals surface area (Å²) in [7, 11) is 2.21. The summed E-state index contributed by atoms with van der Waals surface area (Å²) >= 11 is 0. The molecule has 3 heterocycles. The van der Waals surface area contributed by atoms with Crippen molar-refractivity contribution in [2.24, 2.45) is 0 Å². The number of nitrogens with zero attached hydrogens (tertiary/aromatic N) is 5. The van der Waals surface area contributed by atoms with Crippen molar-refractivity contribution in [1.82, 2.24) is 25.1 Å². The quantitative estimate of drug-likeness (QED) is 0.288. The van der Waals surface area contributed by atoms with Gasteiger partial charge in [-0.3, -0.25) is 14.5 Å². The molecule has 1 aromatic heterocycles. The molecule has 2 saturated heterocycles. The molecule has 2 atom stereocenters. The zero-order valence-corrected chi connectivity index (χ0v) is 25.1. The Balaban J connectivity index is 1.24. The number of aldehydes is 1. The van der Waals surface area contributed by atoms with Gasteiger partial charge < -0.3 is 25.8 Å². The van der Waals surface area contributed by atoms with E-state index in [2.05, 4.69) is 61.4 Å². The highest BCUT2D eigenvalue weighted by atomic mass is 16.1.